The van der Waals surface area contributed by atoms with E-state index in [2.05, 4.69) is 72.9 Å². The van der Waals surface area contributed by atoms with E-state index in [-0.39, 0.29) is 0 Å². The highest BCUT2D eigenvalue weighted by Gasteiger charge is 1.94. The number of fused-ring (bicyclic) bond motifs is 1. The minimum absolute atomic E-state index is 1.05. The molecule has 1 aromatic carbocycles. The normalized spacial score (nSPS) is 17.6. The molecule has 0 aliphatic heterocycles. The van der Waals surface area contributed by atoms with Gasteiger partial charge in [-0.15, -0.1) is 0 Å². The Morgan fingerprint density at radius 2 is 1.67 bits per heavy atom. The molecule has 2 aliphatic rings. The van der Waals surface area contributed by atoms with Crippen molar-refractivity contribution in [1.29, 1.82) is 0 Å². The molecule has 0 unspecified atom stereocenters. The molecule has 88 valence electrons. The quantitative estimate of drug-likeness (QED) is 0.698. The molecular weight excluding hydrogens is 216 g/mol. The van der Waals surface area contributed by atoms with E-state index in [9.17, 15) is 0 Å². The van der Waals surface area contributed by atoms with Crippen LogP contribution < -0.4 is 10.4 Å². The molecule has 0 radical (unpaired) electrons. The van der Waals surface area contributed by atoms with E-state index in [1.807, 2.05) is 0 Å². The maximum Gasteiger partial charge on any atom is -0.0157 e. The zero-order valence-corrected chi connectivity index (χ0v) is 10.3. The van der Waals surface area contributed by atoms with Gasteiger partial charge in [-0.25, -0.2) is 0 Å². The molecule has 0 atom stereocenters. The first-order valence-electron chi connectivity index (χ1n) is 6.44. The molecule has 0 heterocycles. The maximum atomic E-state index is 2.27. The van der Waals surface area contributed by atoms with Gasteiger partial charge in [-0.3, -0.25) is 0 Å². The highest BCUT2D eigenvalue weighted by atomic mass is 14.0. The van der Waals surface area contributed by atoms with E-state index in [1.165, 1.54) is 21.6 Å². The summed E-state index contributed by atoms with van der Waals surface area (Å²) in [4.78, 5) is 0. The van der Waals surface area contributed by atoms with Gasteiger partial charge in [-0.2, -0.15) is 0 Å². The third-order valence-electron chi connectivity index (χ3n) is 3.24. The largest absolute Gasteiger partial charge is 0.0801 e. The number of hydrogen-bond donors (Lipinski definition) is 0. The summed E-state index contributed by atoms with van der Waals surface area (Å²) in [5, 5.41) is 2.60. The minimum Gasteiger partial charge on any atom is -0.0801 e. The van der Waals surface area contributed by atoms with Crippen LogP contribution in [0, 0.1) is 0 Å². The molecule has 2 aliphatic carbocycles. The van der Waals surface area contributed by atoms with Crippen LogP contribution in [0.4, 0.5) is 0 Å². The lowest BCUT2D eigenvalue weighted by Gasteiger charge is -2.01. The molecule has 0 amide bonds. The van der Waals surface area contributed by atoms with Crippen LogP contribution in [0.2, 0.25) is 0 Å². The number of benzene rings is 1. The smallest absolute Gasteiger partial charge is 0.0157 e. The number of allylic oxidation sites excluding steroid dienone is 7. The van der Waals surface area contributed by atoms with Crippen molar-refractivity contribution in [2.75, 3.05) is 0 Å². The van der Waals surface area contributed by atoms with Gasteiger partial charge >= 0.3 is 0 Å². The molecule has 18 heavy (non-hydrogen) atoms. The molecule has 0 bridgehead atoms. The summed E-state index contributed by atoms with van der Waals surface area (Å²) in [7, 11) is 0. The average Bonchev–Trinajstić information content (AvgIpc) is 2.46. The Bertz CT molecular complexity index is 665. The molecule has 3 rings (SSSR count). The number of hydrogen-bond acceptors (Lipinski definition) is 0. The van der Waals surface area contributed by atoms with Crippen molar-refractivity contribution in [2.45, 2.75) is 12.8 Å². The van der Waals surface area contributed by atoms with Crippen LogP contribution in [0.15, 0.2) is 60.2 Å². The van der Waals surface area contributed by atoms with Gasteiger partial charge in [0, 0.05) is 0 Å². The lowest BCUT2D eigenvalue weighted by Crippen LogP contribution is -2.13. The first kappa shape index (κ1) is 11.0. The van der Waals surface area contributed by atoms with Crippen LogP contribution >= 0.6 is 0 Å². The standard InChI is InChI=1S/C18H16/c1-2-6-15(7-3-1)10-11-16-12-13-17-8-4-5-9-18(17)14-16/h2-3,5-14H,1,4H2. The van der Waals surface area contributed by atoms with Crippen molar-refractivity contribution in [3.63, 3.8) is 0 Å². The van der Waals surface area contributed by atoms with Gasteiger partial charge in [0.2, 0.25) is 0 Å². The fourth-order valence-corrected chi connectivity index (χ4v) is 2.26. The molecule has 0 aromatic heterocycles. The Kier molecular flexibility index (Phi) is 3.10. The van der Waals surface area contributed by atoms with E-state index in [1.54, 1.807) is 0 Å². The highest BCUT2D eigenvalue weighted by molar-refractivity contribution is 5.58. The first-order valence-corrected chi connectivity index (χ1v) is 6.44. The summed E-state index contributed by atoms with van der Waals surface area (Å²) in [6.07, 6.45) is 21.8. The maximum absolute atomic E-state index is 2.27. The minimum atomic E-state index is 1.05. The van der Waals surface area contributed by atoms with Crippen LogP contribution in [0.5, 0.6) is 0 Å². The second-order valence-corrected chi connectivity index (χ2v) is 4.60. The van der Waals surface area contributed by atoms with Gasteiger partial charge in [-0.05, 0) is 40.5 Å². The summed E-state index contributed by atoms with van der Waals surface area (Å²) in [5.74, 6) is 0. The summed E-state index contributed by atoms with van der Waals surface area (Å²) >= 11 is 0. The summed E-state index contributed by atoms with van der Waals surface area (Å²) < 4.78 is 0. The van der Waals surface area contributed by atoms with Gasteiger partial charge in [0.05, 0.1) is 0 Å². The molecule has 0 fully saturated rings. The lowest BCUT2D eigenvalue weighted by molar-refractivity contribution is 1.34. The topological polar surface area (TPSA) is 0 Å². The second kappa shape index (κ2) is 5.05. The monoisotopic (exact) mass is 232 g/mol. The second-order valence-electron chi connectivity index (χ2n) is 4.60. The Morgan fingerprint density at radius 1 is 0.833 bits per heavy atom. The summed E-state index contributed by atoms with van der Waals surface area (Å²) in [6, 6.07) is 6.63. The lowest BCUT2D eigenvalue weighted by atomic mass is 10.0. The molecular formula is C18H16. The van der Waals surface area contributed by atoms with Crippen LogP contribution in [0.25, 0.3) is 18.2 Å². The van der Waals surface area contributed by atoms with Gasteiger partial charge < -0.3 is 0 Å². The van der Waals surface area contributed by atoms with Crippen molar-refractivity contribution in [2.24, 2.45) is 0 Å². The van der Waals surface area contributed by atoms with Gasteiger partial charge in [-0.1, -0.05) is 66.8 Å². The Labute approximate surface area is 108 Å². The van der Waals surface area contributed by atoms with E-state index in [0.29, 0.717) is 0 Å². The Morgan fingerprint density at radius 3 is 2.56 bits per heavy atom. The van der Waals surface area contributed by atoms with Crippen molar-refractivity contribution in [3.05, 3.63) is 76.2 Å². The molecule has 0 saturated heterocycles. The van der Waals surface area contributed by atoms with Crippen LogP contribution in [-0.2, 0) is 0 Å². The van der Waals surface area contributed by atoms with Gasteiger partial charge in [0.25, 0.3) is 0 Å². The van der Waals surface area contributed by atoms with E-state index >= 15 is 0 Å². The van der Waals surface area contributed by atoms with E-state index < -0.39 is 0 Å². The summed E-state index contributed by atoms with van der Waals surface area (Å²) in [6.45, 7) is 0. The van der Waals surface area contributed by atoms with Crippen molar-refractivity contribution in [3.8, 4) is 0 Å². The molecule has 1 aromatic rings. The van der Waals surface area contributed by atoms with Crippen molar-refractivity contribution >= 4 is 18.2 Å². The third kappa shape index (κ3) is 2.43. The zero-order chi connectivity index (χ0) is 12.2. The zero-order valence-electron chi connectivity index (χ0n) is 10.3. The van der Waals surface area contributed by atoms with Crippen LogP contribution in [-0.4, -0.2) is 0 Å². The van der Waals surface area contributed by atoms with E-state index in [4.69, 9.17) is 0 Å². The highest BCUT2D eigenvalue weighted by Crippen LogP contribution is 2.07. The van der Waals surface area contributed by atoms with Crippen LogP contribution in [0.1, 0.15) is 18.4 Å². The molecule has 0 spiro atoms. The van der Waals surface area contributed by atoms with Crippen molar-refractivity contribution < 1.29 is 0 Å². The Hall–Kier alpha value is -2.08. The third-order valence-corrected chi connectivity index (χ3v) is 3.24. The fraction of sp³-hybridized carbons (Fsp3) is 0.111. The predicted octanol–water partition coefficient (Wildman–Crippen LogP) is 3.11. The summed E-state index contributed by atoms with van der Waals surface area (Å²) in [5.41, 5.74) is 2.59. The van der Waals surface area contributed by atoms with Gasteiger partial charge in [0.1, 0.15) is 0 Å². The molecule has 0 saturated carbocycles. The predicted molar refractivity (Wildman–Crippen MR) is 79.3 cm³/mol. The van der Waals surface area contributed by atoms with E-state index in [0.717, 1.165) is 12.8 Å². The molecule has 0 nitrogen and oxygen atoms in total. The SMILES string of the molecule is C1=CC(=CC=c2ccc3c(c2)C=CCC=3)C=CC1. The van der Waals surface area contributed by atoms with Crippen LogP contribution in [0.3, 0.4) is 0 Å². The first-order chi connectivity index (χ1) is 8.92. The van der Waals surface area contributed by atoms with Crippen molar-refractivity contribution in [1.82, 2.24) is 0 Å². The van der Waals surface area contributed by atoms with Gasteiger partial charge in [0.15, 0.2) is 0 Å². The average molecular weight is 232 g/mol. The molecule has 0 N–H and O–H groups in total. The Balaban J connectivity index is 1.98. The number of rotatable bonds is 1. The molecule has 0 heteroatoms. The fourth-order valence-electron chi connectivity index (χ4n) is 2.26.